The fourth-order valence-electron chi connectivity index (χ4n) is 4.55. The summed E-state index contributed by atoms with van der Waals surface area (Å²) in [4.78, 5) is 0. The Morgan fingerprint density at radius 1 is 1.33 bits per heavy atom. The summed E-state index contributed by atoms with van der Waals surface area (Å²) in [6.07, 6.45) is 4.78. The van der Waals surface area contributed by atoms with Crippen LogP contribution < -0.4 is 5.73 Å². The number of rotatable bonds is 3. The lowest BCUT2D eigenvalue weighted by atomic mass is 9.43. The van der Waals surface area contributed by atoms with Crippen LogP contribution in [-0.2, 0) is 9.31 Å². The molecule has 3 saturated carbocycles. The molecule has 3 aliphatic carbocycles. The zero-order valence-corrected chi connectivity index (χ0v) is 12.1. The summed E-state index contributed by atoms with van der Waals surface area (Å²) >= 11 is 0. The van der Waals surface area contributed by atoms with Crippen molar-refractivity contribution in [3.63, 3.8) is 0 Å². The fourth-order valence-corrected chi connectivity index (χ4v) is 4.55. The molecule has 4 heteroatoms. The molecule has 1 saturated heterocycles. The third-order valence-corrected chi connectivity index (χ3v) is 5.94. The molecule has 0 aromatic rings. The molecule has 1 unspecified atom stereocenters. The molecule has 0 aromatic heterocycles. The van der Waals surface area contributed by atoms with Crippen LogP contribution in [0.25, 0.3) is 0 Å². The molecule has 5 atom stereocenters. The molecule has 2 bridgehead atoms. The van der Waals surface area contributed by atoms with Gasteiger partial charge in [0.25, 0.3) is 0 Å². The van der Waals surface area contributed by atoms with Crippen molar-refractivity contribution >= 4 is 7.12 Å². The van der Waals surface area contributed by atoms with Gasteiger partial charge in [0.2, 0.25) is 0 Å². The number of hydrogen-bond donors (Lipinski definition) is 1. The predicted octanol–water partition coefficient (Wildman–Crippen LogP) is 2.38. The van der Waals surface area contributed by atoms with E-state index in [0.717, 1.165) is 25.2 Å². The van der Waals surface area contributed by atoms with Gasteiger partial charge in [0.05, 0.1) is 11.7 Å². The van der Waals surface area contributed by atoms with Gasteiger partial charge in [-0.3, -0.25) is 0 Å². The summed E-state index contributed by atoms with van der Waals surface area (Å²) in [5, 5.41) is 0. The second kappa shape index (κ2) is 3.97. The van der Waals surface area contributed by atoms with Crippen LogP contribution >= 0.6 is 0 Å². The van der Waals surface area contributed by atoms with Gasteiger partial charge in [0.15, 0.2) is 0 Å². The van der Waals surface area contributed by atoms with Gasteiger partial charge in [-0.1, -0.05) is 27.2 Å². The van der Waals surface area contributed by atoms with E-state index < -0.39 is 0 Å². The molecule has 0 amide bonds. The second-order valence-electron chi connectivity index (χ2n) is 7.29. The van der Waals surface area contributed by atoms with Gasteiger partial charge in [-0.2, -0.15) is 0 Å². The van der Waals surface area contributed by atoms with Crippen LogP contribution in [0.3, 0.4) is 0 Å². The quantitative estimate of drug-likeness (QED) is 0.783. The van der Waals surface area contributed by atoms with E-state index in [9.17, 15) is 0 Å². The maximum absolute atomic E-state index is 6.31. The van der Waals surface area contributed by atoms with E-state index in [4.69, 9.17) is 15.0 Å². The van der Waals surface area contributed by atoms with Gasteiger partial charge in [0, 0.05) is 5.94 Å². The first-order chi connectivity index (χ1) is 8.39. The normalized spacial score (nSPS) is 46.5. The van der Waals surface area contributed by atoms with E-state index in [-0.39, 0.29) is 24.8 Å². The van der Waals surface area contributed by atoms with Crippen molar-refractivity contribution in [3.8, 4) is 0 Å². The third kappa shape index (κ3) is 1.55. The third-order valence-electron chi connectivity index (χ3n) is 5.94. The molecule has 0 spiro atoms. The lowest BCUT2D eigenvalue weighted by Gasteiger charge is -2.64. The van der Waals surface area contributed by atoms with Crippen molar-refractivity contribution in [2.45, 2.75) is 71.0 Å². The van der Waals surface area contributed by atoms with Crippen LogP contribution in [-0.4, -0.2) is 24.8 Å². The van der Waals surface area contributed by atoms with Gasteiger partial charge >= 0.3 is 7.12 Å². The maximum Gasteiger partial charge on any atom is 0.475 e. The highest BCUT2D eigenvalue weighted by Gasteiger charge is 2.68. The monoisotopic (exact) mass is 251 g/mol. The second-order valence-corrected chi connectivity index (χ2v) is 7.29. The van der Waals surface area contributed by atoms with E-state index in [2.05, 4.69) is 27.7 Å². The van der Waals surface area contributed by atoms with E-state index in [1.165, 1.54) is 6.42 Å². The number of hydrogen-bond acceptors (Lipinski definition) is 3. The highest BCUT2D eigenvalue weighted by Crippen LogP contribution is 2.65. The minimum Gasteiger partial charge on any atom is -0.404 e. The largest absolute Gasteiger partial charge is 0.475 e. The van der Waals surface area contributed by atoms with E-state index in [1.807, 2.05) is 0 Å². The lowest BCUT2D eigenvalue weighted by Crippen LogP contribution is -2.65. The summed E-state index contributed by atoms with van der Waals surface area (Å²) in [7, 11) is -0.185. The highest BCUT2D eigenvalue weighted by molar-refractivity contribution is 6.47. The first-order valence-electron chi connectivity index (χ1n) is 7.48. The summed E-state index contributed by atoms with van der Waals surface area (Å²) in [6.45, 7) is 9.17. The molecule has 102 valence electrons. The van der Waals surface area contributed by atoms with Crippen molar-refractivity contribution in [2.24, 2.45) is 23.0 Å². The smallest absolute Gasteiger partial charge is 0.404 e. The molecule has 18 heavy (non-hydrogen) atoms. The van der Waals surface area contributed by atoms with Gasteiger partial charge < -0.3 is 15.0 Å². The molecule has 4 fully saturated rings. The van der Waals surface area contributed by atoms with Crippen molar-refractivity contribution in [1.29, 1.82) is 0 Å². The van der Waals surface area contributed by atoms with E-state index in [0.29, 0.717) is 11.3 Å². The molecule has 0 aromatic carbocycles. The summed E-state index contributed by atoms with van der Waals surface area (Å²) < 4.78 is 12.4. The maximum atomic E-state index is 6.31. The summed E-state index contributed by atoms with van der Waals surface area (Å²) in [6, 6.07) is 0. The minimum absolute atomic E-state index is 0.0257. The highest BCUT2D eigenvalue weighted by atomic mass is 16.7. The fraction of sp³-hybridized carbons (Fsp3) is 1.00. The van der Waals surface area contributed by atoms with E-state index in [1.54, 1.807) is 0 Å². The molecule has 2 N–H and O–H groups in total. The Bertz CT molecular complexity index is 349. The zero-order valence-electron chi connectivity index (χ0n) is 12.1. The van der Waals surface area contributed by atoms with Crippen LogP contribution in [0, 0.1) is 17.3 Å². The Kier molecular flexibility index (Phi) is 2.86. The van der Waals surface area contributed by atoms with Gasteiger partial charge in [0.1, 0.15) is 0 Å². The van der Waals surface area contributed by atoms with Crippen LogP contribution in [0.2, 0.25) is 0 Å². The van der Waals surface area contributed by atoms with Crippen LogP contribution in [0.1, 0.15) is 53.4 Å². The van der Waals surface area contributed by atoms with Crippen LogP contribution in [0.4, 0.5) is 0 Å². The Morgan fingerprint density at radius 3 is 2.67 bits per heavy atom. The van der Waals surface area contributed by atoms with Crippen molar-refractivity contribution < 1.29 is 9.31 Å². The average Bonchev–Trinajstić information content (AvgIpc) is 2.65. The minimum atomic E-state index is -0.185. The van der Waals surface area contributed by atoms with E-state index >= 15 is 0 Å². The van der Waals surface area contributed by atoms with Crippen molar-refractivity contribution in [2.75, 3.05) is 0 Å². The van der Waals surface area contributed by atoms with Gasteiger partial charge in [-0.25, -0.2) is 0 Å². The van der Waals surface area contributed by atoms with Crippen molar-refractivity contribution in [1.82, 2.24) is 0 Å². The first-order valence-corrected chi connectivity index (χ1v) is 7.48. The molecule has 4 rings (SSSR count). The summed E-state index contributed by atoms with van der Waals surface area (Å²) in [5.74, 6) is 1.47. The standard InChI is InChI=1S/C14H26BNO2/c1-5-6-12(16)15-17-11-8-9-7-10(13(9,2)3)14(11,4)18-15/h9-12H,5-8,16H2,1-4H3/t9-,10+,11+,12?,14+/m1/s1. The topological polar surface area (TPSA) is 44.5 Å². The molecule has 4 aliphatic rings. The molecular weight excluding hydrogens is 225 g/mol. The molecule has 1 aliphatic heterocycles. The average molecular weight is 251 g/mol. The molecule has 1 heterocycles. The van der Waals surface area contributed by atoms with Crippen LogP contribution in [0.15, 0.2) is 0 Å². The molecule has 0 radical (unpaired) electrons. The van der Waals surface area contributed by atoms with Gasteiger partial charge in [-0.05, 0) is 43.4 Å². The van der Waals surface area contributed by atoms with Crippen molar-refractivity contribution in [3.05, 3.63) is 0 Å². The number of nitrogens with two attached hydrogens (primary N) is 1. The predicted molar refractivity (Wildman–Crippen MR) is 73.0 cm³/mol. The zero-order chi connectivity index (χ0) is 13.1. The van der Waals surface area contributed by atoms with Gasteiger partial charge in [-0.15, -0.1) is 0 Å². The first kappa shape index (κ1) is 13.0. The molecular formula is C14H26BNO2. The Hall–Kier alpha value is -0.0551. The SMILES string of the molecule is CCCC(N)B1O[C@H]2C[C@H]3C[C@@H](C3(C)C)[C@]2(C)O1. The Morgan fingerprint density at radius 2 is 2.06 bits per heavy atom. The Labute approximate surface area is 111 Å². The Balaban J connectivity index is 1.76. The summed E-state index contributed by atoms with van der Waals surface area (Å²) in [5.41, 5.74) is 6.49. The lowest BCUT2D eigenvalue weighted by molar-refractivity contribution is -0.199. The van der Waals surface area contributed by atoms with Crippen LogP contribution in [0.5, 0.6) is 0 Å². The molecule has 3 nitrogen and oxygen atoms in total.